The monoisotopic (exact) mass is 394 g/mol. The van der Waals surface area contributed by atoms with Gasteiger partial charge in [0.15, 0.2) is 0 Å². The lowest BCUT2D eigenvalue weighted by Crippen LogP contribution is -2.36. The minimum atomic E-state index is -0.277. The molecular weight excluding hydrogens is 364 g/mol. The van der Waals surface area contributed by atoms with Crippen molar-refractivity contribution < 1.29 is 9.59 Å². The van der Waals surface area contributed by atoms with E-state index in [0.717, 1.165) is 44.5 Å². The second-order valence-corrected chi connectivity index (χ2v) is 7.44. The van der Waals surface area contributed by atoms with Gasteiger partial charge >= 0.3 is 0 Å². The number of aromatic nitrogens is 1. The van der Waals surface area contributed by atoms with Crippen molar-refractivity contribution in [3.8, 4) is 0 Å². The molecule has 0 atom stereocenters. The van der Waals surface area contributed by atoms with Crippen LogP contribution >= 0.6 is 0 Å². The Morgan fingerprint density at radius 2 is 1.59 bits per heavy atom. The van der Waals surface area contributed by atoms with Crippen molar-refractivity contribution in [1.82, 2.24) is 10.3 Å². The average molecular weight is 395 g/mol. The Bertz CT molecular complexity index is 825. The largest absolute Gasteiger partial charge is 0.372 e. The van der Waals surface area contributed by atoms with Crippen LogP contribution in [0.15, 0.2) is 42.7 Å². The molecule has 3 rings (SSSR count). The molecule has 1 fully saturated rings. The molecule has 0 spiro atoms. The maximum atomic E-state index is 12.6. The number of benzene rings is 1. The summed E-state index contributed by atoms with van der Waals surface area (Å²) in [7, 11) is 0. The van der Waals surface area contributed by atoms with E-state index >= 15 is 0 Å². The summed E-state index contributed by atoms with van der Waals surface area (Å²) in [6.45, 7) is 6.10. The van der Waals surface area contributed by atoms with Gasteiger partial charge in [0.2, 0.25) is 0 Å². The molecule has 1 heterocycles. The van der Waals surface area contributed by atoms with E-state index in [1.54, 1.807) is 6.07 Å². The molecule has 6 heteroatoms. The van der Waals surface area contributed by atoms with Gasteiger partial charge in [-0.1, -0.05) is 19.3 Å². The fourth-order valence-corrected chi connectivity index (χ4v) is 3.75. The van der Waals surface area contributed by atoms with E-state index in [9.17, 15) is 9.59 Å². The van der Waals surface area contributed by atoms with Crippen LogP contribution in [0.2, 0.25) is 0 Å². The molecule has 0 saturated heterocycles. The van der Waals surface area contributed by atoms with Gasteiger partial charge in [-0.05, 0) is 57.0 Å². The Kier molecular flexibility index (Phi) is 7.22. The van der Waals surface area contributed by atoms with Crippen LogP contribution in [0.5, 0.6) is 0 Å². The predicted octanol–water partition coefficient (Wildman–Crippen LogP) is 4.24. The summed E-state index contributed by atoms with van der Waals surface area (Å²) >= 11 is 0. The summed E-state index contributed by atoms with van der Waals surface area (Å²) < 4.78 is 0. The highest BCUT2D eigenvalue weighted by molar-refractivity contribution is 6.05. The highest BCUT2D eigenvalue weighted by Gasteiger charge is 2.18. The van der Waals surface area contributed by atoms with Gasteiger partial charge in [0.05, 0.1) is 11.1 Å². The van der Waals surface area contributed by atoms with Crippen molar-refractivity contribution in [2.24, 2.45) is 0 Å². The lowest BCUT2D eigenvalue weighted by atomic mass is 9.95. The minimum Gasteiger partial charge on any atom is -0.372 e. The molecule has 1 aromatic carbocycles. The molecule has 1 saturated carbocycles. The third-order valence-electron chi connectivity index (χ3n) is 5.46. The van der Waals surface area contributed by atoms with Crippen LogP contribution in [0.1, 0.15) is 66.7 Å². The van der Waals surface area contributed by atoms with Gasteiger partial charge < -0.3 is 15.5 Å². The first-order valence-electron chi connectivity index (χ1n) is 10.5. The topological polar surface area (TPSA) is 74.3 Å². The van der Waals surface area contributed by atoms with E-state index in [0.29, 0.717) is 16.8 Å². The quantitative estimate of drug-likeness (QED) is 0.736. The van der Waals surface area contributed by atoms with Crippen LogP contribution in [0.25, 0.3) is 0 Å². The van der Waals surface area contributed by atoms with E-state index < -0.39 is 0 Å². The van der Waals surface area contributed by atoms with Crippen LogP contribution in [0, 0.1) is 0 Å². The maximum absolute atomic E-state index is 12.6. The fourth-order valence-electron chi connectivity index (χ4n) is 3.75. The molecule has 2 amide bonds. The van der Waals surface area contributed by atoms with Crippen molar-refractivity contribution in [2.75, 3.05) is 23.3 Å². The molecule has 0 radical (unpaired) electrons. The Morgan fingerprint density at radius 1 is 0.966 bits per heavy atom. The molecule has 0 unspecified atom stereocenters. The molecule has 1 aromatic heterocycles. The Morgan fingerprint density at radius 3 is 2.21 bits per heavy atom. The molecule has 1 aliphatic carbocycles. The summed E-state index contributed by atoms with van der Waals surface area (Å²) in [5.41, 5.74) is 2.62. The van der Waals surface area contributed by atoms with Crippen molar-refractivity contribution in [1.29, 1.82) is 0 Å². The van der Waals surface area contributed by atoms with Crippen molar-refractivity contribution in [3.05, 3.63) is 53.9 Å². The molecular formula is C23H30N4O2. The number of nitrogens with zero attached hydrogens (tertiary/aromatic N) is 2. The van der Waals surface area contributed by atoms with Crippen LogP contribution in [0.3, 0.4) is 0 Å². The second-order valence-electron chi connectivity index (χ2n) is 7.44. The molecule has 6 nitrogen and oxygen atoms in total. The number of carbonyl (C=O) groups excluding carboxylic acids is 2. The zero-order valence-corrected chi connectivity index (χ0v) is 17.3. The first kappa shape index (κ1) is 20.8. The second kappa shape index (κ2) is 10.0. The zero-order valence-electron chi connectivity index (χ0n) is 17.3. The average Bonchev–Trinajstić information content (AvgIpc) is 2.76. The SMILES string of the molecule is CCN(CC)c1ccc(NC(=O)c2cncc(C(=O)NC3CCCCC3)c2)cc1. The zero-order chi connectivity index (χ0) is 20.6. The normalized spacial score (nSPS) is 14.3. The van der Waals surface area contributed by atoms with E-state index in [1.807, 2.05) is 24.3 Å². The fraction of sp³-hybridized carbons (Fsp3) is 0.435. The number of hydrogen-bond acceptors (Lipinski definition) is 4. The van der Waals surface area contributed by atoms with Crippen molar-refractivity contribution >= 4 is 23.2 Å². The lowest BCUT2D eigenvalue weighted by molar-refractivity contribution is 0.0927. The summed E-state index contributed by atoms with van der Waals surface area (Å²) in [4.78, 5) is 31.5. The summed E-state index contributed by atoms with van der Waals surface area (Å²) in [5.74, 6) is -0.442. The Hall–Kier alpha value is -2.89. The number of hydrogen-bond donors (Lipinski definition) is 2. The molecule has 29 heavy (non-hydrogen) atoms. The van der Waals surface area contributed by atoms with E-state index in [2.05, 4.69) is 34.4 Å². The number of carbonyl (C=O) groups is 2. The first-order valence-corrected chi connectivity index (χ1v) is 10.5. The van der Waals surface area contributed by atoms with E-state index in [1.165, 1.54) is 18.8 Å². The van der Waals surface area contributed by atoms with Gasteiger partial charge in [-0.15, -0.1) is 0 Å². The smallest absolute Gasteiger partial charge is 0.257 e. The Labute approximate surface area is 172 Å². The van der Waals surface area contributed by atoms with Crippen LogP contribution < -0.4 is 15.5 Å². The van der Waals surface area contributed by atoms with E-state index in [-0.39, 0.29) is 17.9 Å². The predicted molar refractivity (Wildman–Crippen MR) is 117 cm³/mol. The van der Waals surface area contributed by atoms with Crippen LogP contribution in [-0.4, -0.2) is 35.9 Å². The number of anilines is 2. The van der Waals surface area contributed by atoms with Crippen molar-refractivity contribution in [2.45, 2.75) is 52.0 Å². The summed E-state index contributed by atoms with van der Waals surface area (Å²) in [6.07, 6.45) is 8.56. The van der Waals surface area contributed by atoms with Crippen LogP contribution in [0.4, 0.5) is 11.4 Å². The molecule has 2 N–H and O–H groups in total. The third kappa shape index (κ3) is 5.56. The number of amides is 2. The Balaban J connectivity index is 1.63. The number of rotatable bonds is 7. The molecule has 0 bridgehead atoms. The lowest BCUT2D eigenvalue weighted by Gasteiger charge is -2.22. The van der Waals surface area contributed by atoms with Gasteiger partial charge in [0.1, 0.15) is 0 Å². The first-order chi connectivity index (χ1) is 14.1. The van der Waals surface area contributed by atoms with E-state index in [4.69, 9.17) is 0 Å². The maximum Gasteiger partial charge on any atom is 0.257 e. The molecule has 1 aliphatic rings. The standard InChI is InChI=1S/C23H30N4O2/c1-3-27(4-2)21-12-10-20(11-13-21)26-23(29)18-14-17(15-24-16-18)22(28)25-19-8-6-5-7-9-19/h10-16,19H,3-9H2,1-2H3,(H,25,28)(H,26,29). The molecule has 154 valence electrons. The van der Waals surface area contributed by atoms with Gasteiger partial charge in [-0.25, -0.2) is 0 Å². The minimum absolute atomic E-state index is 0.164. The van der Waals surface area contributed by atoms with Gasteiger partial charge in [0.25, 0.3) is 11.8 Å². The van der Waals surface area contributed by atoms with Gasteiger partial charge in [0, 0.05) is 42.9 Å². The van der Waals surface area contributed by atoms with Gasteiger partial charge in [-0.3, -0.25) is 14.6 Å². The summed E-state index contributed by atoms with van der Waals surface area (Å²) in [6, 6.07) is 9.59. The van der Waals surface area contributed by atoms with Crippen LogP contribution in [-0.2, 0) is 0 Å². The number of pyridine rings is 1. The highest BCUT2D eigenvalue weighted by atomic mass is 16.2. The van der Waals surface area contributed by atoms with Crippen molar-refractivity contribution in [3.63, 3.8) is 0 Å². The number of nitrogens with one attached hydrogen (secondary N) is 2. The highest BCUT2D eigenvalue weighted by Crippen LogP contribution is 2.19. The third-order valence-corrected chi connectivity index (χ3v) is 5.46. The molecule has 2 aromatic rings. The molecule has 0 aliphatic heterocycles. The summed E-state index contributed by atoms with van der Waals surface area (Å²) in [5, 5.41) is 5.94. The van der Waals surface area contributed by atoms with Gasteiger partial charge in [-0.2, -0.15) is 0 Å².